The number of nitrogens with two attached hydrogens (primary N) is 1. The molecule has 1 saturated heterocycles. The molecule has 0 aromatic heterocycles. The van der Waals surface area contributed by atoms with E-state index in [9.17, 15) is 4.79 Å². The van der Waals surface area contributed by atoms with Crippen molar-refractivity contribution in [3.05, 3.63) is 0 Å². The van der Waals surface area contributed by atoms with Crippen LogP contribution in [-0.2, 0) is 4.79 Å². The van der Waals surface area contributed by atoms with E-state index < -0.39 is 5.54 Å². The fourth-order valence-electron chi connectivity index (χ4n) is 2.15. The van der Waals surface area contributed by atoms with Crippen LogP contribution in [0.2, 0.25) is 0 Å². The summed E-state index contributed by atoms with van der Waals surface area (Å²) in [4.78, 5) is 16.4. The number of likely N-dealkylation sites (tertiary alicyclic amines) is 1. The second-order valence-electron chi connectivity index (χ2n) is 4.91. The summed E-state index contributed by atoms with van der Waals surface area (Å²) in [6.07, 6.45) is 2.95. The SMILES string of the molecule is C[I-]C1CN(C(=O)C2(N)CC2)CCC1C. The predicted molar refractivity (Wildman–Crippen MR) is 56.2 cm³/mol. The molecule has 1 saturated carbocycles. The minimum atomic E-state index is -0.461. The average molecular weight is 323 g/mol. The van der Waals surface area contributed by atoms with Crippen LogP contribution in [0.4, 0.5) is 0 Å². The number of amides is 1. The number of alkyl halides is 2. The Morgan fingerprint density at radius 1 is 1.53 bits per heavy atom. The van der Waals surface area contributed by atoms with Gasteiger partial charge in [0.1, 0.15) is 0 Å². The first-order chi connectivity index (χ1) is 7.07. The molecule has 0 spiro atoms. The van der Waals surface area contributed by atoms with Crippen LogP contribution in [0.15, 0.2) is 0 Å². The Labute approximate surface area is 102 Å². The molecule has 0 aromatic carbocycles. The van der Waals surface area contributed by atoms with Gasteiger partial charge in [0, 0.05) is 0 Å². The molecule has 1 aliphatic carbocycles. The van der Waals surface area contributed by atoms with E-state index in [2.05, 4.69) is 11.9 Å². The number of hydrogen-bond acceptors (Lipinski definition) is 2. The summed E-state index contributed by atoms with van der Waals surface area (Å²) in [5, 5.41) is 0. The van der Waals surface area contributed by atoms with E-state index in [0.29, 0.717) is 0 Å². The van der Waals surface area contributed by atoms with Gasteiger partial charge in [-0.15, -0.1) is 0 Å². The normalized spacial score (nSPS) is 34.2. The van der Waals surface area contributed by atoms with Crippen molar-refractivity contribution in [1.29, 1.82) is 0 Å². The van der Waals surface area contributed by atoms with Crippen LogP contribution < -0.4 is 26.9 Å². The van der Waals surface area contributed by atoms with Crippen molar-refractivity contribution in [3.8, 4) is 0 Å². The van der Waals surface area contributed by atoms with Crippen molar-refractivity contribution in [2.75, 3.05) is 18.0 Å². The standard InChI is InChI=1S/C11H20IN2O/c1-8-3-6-14(7-9(8)12-2)10(15)11(13)4-5-11/h8-9H,3-7,13H2,1-2H3/q-1. The van der Waals surface area contributed by atoms with Crippen LogP contribution in [0, 0.1) is 5.92 Å². The van der Waals surface area contributed by atoms with E-state index >= 15 is 0 Å². The van der Waals surface area contributed by atoms with Gasteiger partial charge in [-0.2, -0.15) is 0 Å². The Hall–Kier alpha value is 0.160. The number of carbonyl (C=O) groups excluding carboxylic acids is 1. The number of piperidine rings is 1. The van der Waals surface area contributed by atoms with Crippen LogP contribution in [0.1, 0.15) is 26.2 Å². The quantitative estimate of drug-likeness (QED) is 0.449. The van der Waals surface area contributed by atoms with E-state index in [1.54, 1.807) is 0 Å². The van der Waals surface area contributed by atoms with Gasteiger partial charge in [-0.3, -0.25) is 0 Å². The van der Waals surface area contributed by atoms with Gasteiger partial charge in [-0.1, -0.05) is 0 Å². The zero-order valence-electron chi connectivity index (χ0n) is 9.50. The summed E-state index contributed by atoms with van der Waals surface area (Å²) in [5.41, 5.74) is 5.50. The second-order valence-corrected chi connectivity index (χ2v) is 7.75. The molecule has 1 amide bonds. The summed E-state index contributed by atoms with van der Waals surface area (Å²) >= 11 is 0.242. The summed E-state index contributed by atoms with van der Waals surface area (Å²) in [7, 11) is 0. The zero-order chi connectivity index (χ0) is 11.1. The molecular formula is C11H20IN2O-. The monoisotopic (exact) mass is 323 g/mol. The third-order valence-corrected chi connectivity index (χ3v) is 6.87. The number of rotatable bonds is 2. The first-order valence-electron chi connectivity index (χ1n) is 5.63. The molecule has 0 bridgehead atoms. The maximum absolute atomic E-state index is 12.1. The summed E-state index contributed by atoms with van der Waals surface area (Å²) in [5.74, 6) is 1.02. The van der Waals surface area contributed by atoms with Gasteiger partial charge >= 0.3 is 102 Å². The molecular weight excluding hydrogens is 303 g/mol. The van der Waals surface area contributed by atoms with Crippen LogP contribution in [0.25, 0.3) is 0 Å². The Balaban J connectivity index is 1.96. The Morgan fingerprint density at radius 2 is 2.20 bits per heavy atom. The maximum atomic E-state index is 12.1. The average Bonchev–Trinajstić information content (AvgIpc) is 2.97. The fourth-order valence-corrected chi connectivity index (χ4v) is 4.61. The van der Waals surface area contributed by atoms with Crippen molar-refractivity contribution in [3.63, 3.8) is 0 Å². The second kappa shape index (κ2) is 4.20. The Morgan fingerprint density at radius 3 is 2.73 bits per heavy atom. The van der Waals surface area contributed by atoms with Crippen molar-refractivity contribution in [1.82, 2.24) is 4.90 Å². The van der Waals surface area contributed by atoms with Crippen LogP contribution in [0.3, 0.4) is 0 Å². The number of hydrogen-bond donors (Lipinski definition) is 1. The van der Waals surface area contributed by atoms with Gasteiger partial charge in [0.25, 0.3) is 0 Å². The van der Waals surface area contributed by atoms with Gasteiger partial charge in [-0.25, -0.2) is 0 Å². The topological polar surface area (TPSA) is 46.3 Å². The minimum absolute atomic E-state index is 0.219. The molecule has 3 nitrogen and oxygen atoms in total. The molecule has 2 aliphatic rings. The molecule has 0 aromatic rings. The van der Waals surface area contributed by atoms with Gasteiger partial charge in [-0.05, 0) is 0 Å². The van der Waals surface area contributed by atoms with Crippen LogP contribution >= 0.6 is 0 Å². The van der Waals surface area contributed by atoms with Crippen molar-refractivity contribution in [2.24, 2.45) is 11.7 Å². The van der Waals surface area contributed by atoms with Crippen LogP contribution in [-0.4, -0.2) is 38.3 Å². The molecule has 2 atom stereocenters. The molecule has 1 heterocycles. The third-order valence-electron chi connectivity index (χ3n) is 3.65. The van der Waals surface area contributed by atoms with Gasteiger partial charge in [0.15, 0.2) is 0 Å². The number of nitrogens with zero attached hydrogens (tertiary/aromatic N) is 1. The van der Waals surface area contributed by atoms with E-state index in [1.807, 2.05) is 4.90 Å². The van der Waals surface area contributed by atoms with Gasteiger partial charge < -0.3 is 0 Å². The van der Waals surface area contributed by atoms with E-state index in [-0.39, 0.29) is 27.1 Å². The van der Waals surface area contributed by atoms with Crippen molar-refractivity contribution in [2.45, 2.75) is 35.6 Å². The fraction of sp³-hybridized carbons (Fsp3) is 0.909. The van der Waals surface area contributed by atoms with Crippen molar-refractivity contribution >= 4 is 5.91 Å². The molecule has 2 fully saturated rings. The molecule has 4 heteroatoms. The molecule has 88 valence electrons. The van der Waals surface area contributed by atoms with E-state index in [4.69, 9.17) is 5.73 Å². The first-order valence-corrected chi connectivity index (χ1v) is 9.03. The number of halogens is 1. The van der Waals surface area contributed by atoms with E-state index in [1.165, 1.54) is 6.42 Å². The third kappa shape index (κ3) is 2.30. The molecule has 2 unspecified atom stereocenters. The summed E-state index contributed by atoms with van der Waals surface area (Å²) in [6.45, 7) is 4.23. The Kier molecular flexibility index (Phi) is 3.26. The first kappa shape index (κ1) is 11.6. The van der Waals surface area contributed by atoms with Crippen molar-refractivity contribution < 1.29 is 26.0 Å². The van der Waals surface area contributed by atoms with E-state index in [0.717, 1.165) is 35.8 Å². The van der Waals surface area contributed by atoms with Crippen LogP contribution in [0.5, 0.6) is 0 Å². The Bertz CT molecular complexity index is 265. The van der Waals surface area contributed by atoms with Gasteiger partial charge in [0.05, 0.1) is 0 Å². The molecule has 2 rings (SSSR count). The van der Waals surface area contributed by atoms with Gasteiger partial charge in [0.2, 0.25) is 0 Å². The molecule has 15 heavy (non-hydrogen) atoms. The predicted octanol–water partition coefficient (Wildman–Crippen LogP) is -2.57. The summed E-state index contributed by atoms with van der Waals surface area (Å²) < 4.78 is 0.781. The number of carbonyl (C=O) groups is 1. The summed E-state index contributed by atoms with van der Waals surface area (Å²) in [6, 6.07) is 0. The molecule has 0 radical (unpaired) electrons. The molecule has 1 aliphatic heterocycles. The molecule has 2 N–H and O–H groups in total. The zero-order valence-corrected chi connectivity index (χ0v) is 11.7.